The fraction of sp³-hybridized carbons (Fsp3) is 0.357. The summed E-state index contributed by atoms with van der Waals surface area (Å²) in [6, 6.07) is 17.9. The van der Waals surface area contributed by atoms with Crippen molar-refractivity contribution in [2.75, 3.05) is 6.54 Å². The van der Waals surface area contributed by atoms with Gasteiger partial charge in [-0.15, -0.1) is 11.3 Å². The molecule has 1 aromatic heterocycles. The van der Waals surface area contributed by atoms with Crippen molar-refractivity contribution in [3.8, 4) is 0 Å². The molecule has 1 fully saturated rings. The van der Waals surface area contributed by atoms with E-state index in [1.54, 1.807) is 28.4 Å². The van der Waals surface area contributed by atoms with Crippen LogP contribution in [0, 0.1) is 12.7 Å². The maximum Gasteiger partial charge on any atom is 0.257 e. The lowest BCUT2D eigenvalue weighted by Gasteiger charge is -2.35. The predicted molar refractivity (Wildman–Crippen MR) is 134 cm³/mol. The van der Waals surface area contributed by atoms with Crippen LogP contribution in [-0.4, -0.2) is 34.2 Å². The molecule has 1 aliphatic rings. The summed E-state index contributed by atoms with van der Waals surface area (Å²) < 4.78 is 14.5. The molecule has 178 valence electrons. The number of thiophene rings is 1. The second kappa shape index (κ2) is 11.4. The monoisotopic (exact) mass is 478 g/mol. The van der Waals surface area contributed by atoms with Crippen LogP contribution in [-0.2, 0) is 17.9 Å². The first-order valence-electron chi connectivity index (χ1n) is 11.9. The Labute approximate surface area is 205 Å². The van der Waals surface area contributed by atoms with Crippen LogP contribution in [0.1, 0.15) is 58.5 Å². The number of rotatable bonds is 8. The molecule has 4 nitrogen and oxygen atoms in total. The molecular weight excluding hydrogens is 447 g/mol. The molecule has 34 heavy (non-hydrogen) atoms. The molecule has 0 aliphatic heterocycles. The molecule has 0 saturated heterocycles. The van der Waals surface area contributed by atoms with E-state index >= 15 is 0 Å². The normalized spacial score (nSPS) is 14.1. The number of carbonyl (C=O) groups is 2. The smallest absolute Gasteiger partial charge is 0.257 e. The van der Waals surface area contributed by atoms with Crippen LogP contribution in [0.5, 0.6) is 0 Å². The third-order valence-electron chi connectivity index (χ3n) is 6.56. The molecule has 0 atom stereocenters. The molecule has 4 rings (SSSR count). The van der Waals surface area contributed by atoms with E-state index in [1.165, 1.54) is 12.1 Å². The molecule has 1 heterocycles. The lowest BCUT2D eigenvalue weighted by atomic mass is 9.93. The van der Waals surface area contributed by atoms with Gasteiger partial charge in [0, 0.05) is 17.5 Å². The average molecular weight is 479 g/mol. The standard InChI is InChI=1S/C28H31FN2O2S/c1-21-16-17-34-26(21)19-30(18-22-10-4-2-5-11-22)27(32)20-31(23-12-6-3-7-13-23)28(33)24-14-8-9-15-25(24)29/h2,4-5,8-11,14-17,23H,3,6-7,12-13,18-20H2,1H3. The van der Waals surface area contributed by atoms with Crippen molar-refractivity contribution in [3.63, 3.8) is 0 Å². The number of benzene rings is 2. The summed E-state index contributed by atoms with van der Waals surface area (Å²) in [4.78, 5) is 31.7. The minimum Gasteiger partial charge on any atom is -0.332 e. The van der Waals surface area contributed by atoms with Gasteiger partial charge < -0.3 is 9.80 Å². The lowest BCUT2D eigenvalue weighted by molar-refractivity contribution is -0.133. The topological polar surface area (TPSA) is 40.6 Å². The van der Waals surface area contributed by atoms with Crippen molar-refractivity contribution in [1.29, 1.82) is 0 Å². The van der Waals surface area contributed by atoms with Gasteiger partial charge in [-0.25, -0.2) is 4.39 Å². The van der Waals surface area contributed by atoms with Gasteiger partial charge in [0.1, 0.15) is 12.4 Å². The van der Waals surface area contributed by atoms with Gasteiger partial charge >= 0.3 is 0 Å². The number of amides is 2. The molecule has 1 aliphatic carbocycles. The fourth-order valence-electron chi connectivity index (χ4n) is 4.57. The van der Waals surface area contributed by atoms with Gasteiger partial charge in [-0.3, -0.25) is 9.59 Å². The Hall–Kier alpha value is -2.99. The van der Waals surface area contributed by atoms with Crippen molar-refractivity contribution in [2.24, 2.45) is 0 Å². The van der Waals surface area contributed by atoms with Crippen molar-refractivity contribution in [1.82, 2.24) is 9.80 Å². The van der Waals surface area contributed by atoms with Crippen LogP contribution in [0.3, 0.4) is 0 Å². The summed E-state index contributed by atoms with van der Waals surface area (Å²) in [6.07, 6.45) is 4.85. The number of aryl methyl sites for hydroxylation is 1. The molecule has 0 radical (unpaired) electrons. The summed E-state index contributed by atoms with van der Waals surface area (Å²) in [5.74, 6) is -1.06. The highest BCUT2D eigenvalue weighted by atomic mass is 32.1. The van der Waals surface area contributed by atoms with Crippen molar-refractivity contribution < 1.29 is 14.0 Å². The third-order valence-corrected chi connectivity index (χ3v) is 7.57. The van der Waals surface area contributed by atoms with Crippen molar-refractivity contribution in [3.05, 3.63) is 93.4 Å². The maximum atomic E-state index is 14.5. The van der Waals surface area contributed by atoms with E-state index in [-0.39, 0.29) is 24.1 Å². The van der Waals surface area contributed by atoms with Crippen LogP contribution in [0.4, 0.5) is 4.39 Å². The van der Waals surface area contributed by atoms with Crippen LogP contribution >= 0.6 is 11.3 Å². The zero-order valence-electron chi connectivity index (χ0n) is 19.6. The van der Waals surface area contributed by atoms with Crippen LogP contribution in [0.25, 0.3) is 0 Å². The van der Waals surface area contributed by atoms with Gasteiger partial charge in [0.2, 0.25) is 5.91 Å². The second-order valence-electron chi connectivity index (χ2n) is 8.97. The highest BCUT2D eigenvalue weighted by Gasteiger charge is 2.31. The van der Waals surface area contributed by atoms with Crippen LogP contribution in [0.15, 0.2) is 66.0 Å². The van der Waals surface area contributed by atoms with Crippen LogP contribution in [0.2, 0.25) is 0 Å². The average Bonchev–Trinajstić information content (AvgIpc) is 3.27. The Bertz CT molecular complexity index is 1110. The van der Waals surface area contributed by atoms with E-state index in [1.807, 2.05) is 47.5 Å². The minimum atomic E-state index is -0.545. The summed E-state index contributed by atoms with van der Waals surface area (Å²) in [6.45, 7) is 2.95. The minimum absolute atomic E-state index is 0.0320. The van der Waals surface area contributed by atoms with Gasteiger partial charge in [0.15, 0.2) is 0 Å². The summed E-state index contributed by atoms with van der Waals surface area (Å²) in [5, 5.41) is 2.03. The predicted octanol–water partition coefficient (Wildman–Crippen LogP) is 6.20. The number of halogens is 1. The van der Waals surface area contributed by atoms with E-state index in [9.17, 15) is 14.0 Å². The third kappa shape index (κ3) is 5.92. The molecule has 0 N–H and O–H groups in total. The van der Waals surface area contributed by atoms with E-state index < -0.39 is 11.7 Å². The molecule has 0 unspecified atom stereocenters. The Morgan fingerprint density at radius 3 is 2.32 bits per heavy atom. The molecular formula is C28H31FN2O2S. The Kier molecular flexibility index (Phi) is 8.12. The Balaban J connectivity index is 1.60. The zero-order valence-corrected chi connectivity index (χ0v) is 20.4. The van der Waals surface area contributed by atoms with Gasteiger partial charge in [0.25, 0.3) is 5.91 Å². The highest BCUT2D eigenvalue weighted by Crippen LogP contribution is 2.26. The zero-order chi connectivity index (χ0) is 23.9. The number of carbonyl (C=O) groups excluding carboxylic acids is 2. The quantitative estimate of drug-likeness (QED) is 0.387. The van der Waals surface area contributed by atoms with Crippen molar-refractivity contribution >= 4 is 23.2 Å². The van der Waals surface area contributed by atoms with Gasteiger partial charge in [-0.2, -0.15) is 0 Å². The Morgan fingerprint density at radius 2 is 1.65 bits per heavy atom. The molecule has 2 aromatic carbocycles. The summed E-state index contributed by atoms with van der Waals surface area (Å²) >= 11 is 1.63. The second-order valence-corrected chi connectivity index (χ2v) is 9.97. The molecule has 0 bridgehead atoms. The first kappa shape index (κ1) is 24.1. The Morgan fingerprint density at radius 1 is 0.941 bits per heavy atom. The molecule has 0 spiro atoms. The lowest BCUT2D eigenvalue weighted by Crippen LogP contribution is -2.48. The SMILES string of the molecule is Cc1ccsc1CN(Cc1ccccc1)C(=O)CN(C(=O)c1ccccc1F)C1CCCCC1. The van der Waals surface area contributed by atoms with Gasteiger partial charge in [0.05, 0.1) is 12.1 Å². The van der Waals surface area contributed by atoms with E-state index in [0.29, 0.717) is 13.1 Å². The van der Waals surface area contributed by atoms with Gasteiger partial charge in [-0.05, 0) is 54.5 Å². The van der Waals surface area contributed by atoms with Crippen LogP contribution < -0.4 is 0 Å². The van der Waals surface area contributed by atoms with E-state index in [0.717, 1.165) is 48.1 Å². The van der Waals surface area contributed by atoms with E-state index in [4.69, 9.17) is 0 Å². The first-order valence-corrected chi connectivity index (χ1v) is 12.8. The largest absolute Gasteiger partial charge is 0.332 e. The fourth-order valence-corrected chi connectivity index (χ4v) is 5.49. The van der Waals surface area contributed by atoms with Gasteiger partial charge in [-0.1, -0.05) is 61.7 Å². The molecule has 1 saturated carbocycles. The van der Waals surface area contributed by atoms with E-state index in [2.05, 4.69) is 6.07 Å². The number of hydrogen-bond acceptors (Lipinski definition) is 3. The first-order chi connectivity index (χ1) is 16.5. The van der Waals surface area contributed by atoms with Crippen molar-refractivity contribution in [2.45, 2.75) is 58.2 Å². The summed E-state index contributed by atoms with van der Waals surface area (Å²) in [7, 11) is 0. The highest BCUT2D eigenvalue weighted by molar-refractivity contribution is 7.10. The maximum absolute atomic E-state index is 14.5. The number of nitrogens with zero attached hydrogens (tertiary/aromatic N) is 2. The molecule has 6 heteroatoms. The summed E-state index contributed by atoms with van der Waals surface area (Å²) in [5.41, 5.74) is 2.22. The number of hydrogen-bond donors (Lipinski definition) is 0. The molecule has 2 amide bonds. The molecule has 3 aromatic rings.